The van der Waals surface area contributed by atoms with E-state index in [4.69, 9.17) is 0 Å². The summed E-state index contributed by atoms with van der Waals surface area (Å²) in [6.07, 6.45) is 1.68. The minimum atomic E-state index is -0.207. The van der Waals surface area contributed by atoms with Crippen LogP contribution in [-0.4, -0.2) is 12.5 Å². The lowest BCUT2D eigenvalue weighted by Crippen LogP contribution is -2.34. The maximum Gasteiger partial charge on any atom is 0.242 e. The smallest absolute Gasteiger partial charge is 0.242 e. The number of carbonyl (C=O) groups is 1. The first-order valence-electron chi connectivity index (χ1n) is 5.02. The summed E-state index contributed by atoms with van der Waals surface area (Å²) in [4.78, 5) is 11.7. The Hall–Kier alpha value is -1.61. The second kappa shape index (κ2) is 4.28. The predicted octanol–water partition coefficient (Wildman–Crippen LogP) is 1.13. The number of amides is 1. The van der Waals surface area contributed by atoms with E-state index in [1.54, 1.807) is 6.08 Å². The van der Waals surface area contributed by atoms with Gasteiger partial charge in [0, 0.05) is 13.1 Å². The summed E-state index contributed by atoms with van der Waals surface area (Å²) in [5.41, 5.74) is 2.29. The first-order chi connectivity index (χ1) is 7.33. The molecule has 1 unspecified atom stereocenters. The summed E-state index contributed by atoms with van der Waals surface area (Å²) in [5, 5.41) is 5.98. The fourth-order valence-corrected chi connectivity index (χ4v) is 1.81. The van der Waals surface area contributed by atoms with Crippen LogP contribution in [0, 0.1) is 0 Å². The molecule has 1 atom stereocenters. The molecule has 0 aliphatic carbocycles. The molecule has 1 aliphatic rings. The van der Waals surface area contributed by atoms with Crippen LogP contribution in [0.25, 0.3) is 0 Å². The van der Waals surface area contributed by atoms with E-state index in [1.807, 2.05) is 24.3 Å². The van der Waals surface area contributed by atoms with Crippen LogP contribution in [0.5, 0.6) is 0 Å². The van der Waals surface area contributed by atoms with Gasteiger partial charge in [0.25, 0.3) is 0 Å². The second-order valence-electron chi connectivity index (χ2n) is 3.55. The van der Waals surface area contributed by atoms with Gasteiger partial charge in [0.05, 0.1) is 0 Å². The number of hydrogen-bond acceptors (Lipinski definition) is 2. The first kappa shape index (κ1) is 9.93. The summed E-state index contributed by atoms with van der Waals surface area (Å²) in [6, 6.07) is 7.78. The molecule has 1 heterocycles. The Bertz CT molecular complexity index is 387. The third-order valence-corrected chi connectivity index (χ3v) is 2.55. The number of nitrogens with one attached hydrogen (secondary N) is 2. The van der Waals surface area contributed by atoms with Crippen molar-refractivity contribution in [1.29, 1.82) is 0 Å². The summed E-state index contributed by atoms with van der Waals surface area (Å²) < 4.78 is 0. The molecule has 1 aromatic carbocycles. The van der Waals surface area contributed by atoms with Crippen molar-refractivity contribution in [3.63, 3.8) is 0 Å². The SMILES string of the molecule is C=CCNC(=O)C1NCc2ccccc21. The second-order valence-corrected chi connectivity index (χ2v) is 3.55. The lowest BCUT2D eigenvalue weighted by atomic mass is 10.0. The zero-order valence-corrected chi connectivity index (χ0v) is 8.49. The fourth-order valence-electron chi connectivity index (χ4n) is 1.81. The quantitative estimate of drug-likeness (QED) is 0.721. The minimum absolute atomic E-state index is 0.0138. The molecular formula is C12H14N2O. The summed E-state index contributed by atoms with van der Waals surface area (Å²) in [6.45, 7) is 4.85. The van der Waals surface area contributed by atoms with Gasteiger partial charge in [-0.1, -0.05) is 30.3 Å². The number of fused-ring (bicyclic) bond motifs is 1. The van der Waals surface area contributed by atoms with Crippen molar-refractivity contribution in [1.82, 2.24) is 10.6 Å². The monoisotopic (exact) mass is 202 g/mol. The van der Waals surface area contributed by atoms with Gasteiger partial charge in [0.1, 0.15) is 6.04 Å². The van der Waals surface area contributed by atoms with Crippen molar-refractivity contribution in [3.05, 3.63) is 48.0 Å². The normalized spacial score (nSPS) is 18.3. The molecule has 0 saturated heterocycles. The molecule has 2 N–H and O–H groups in total. The minimum Gasteiger partial charge on any atom is -0.351 e. The van der Waals surface area contributed by atoms with E-state index in [-0.39, 0.29) is 11.9 Å². The van der Waals surface area contributed by atoms with E-state index in [1.165, 1.54) is 5.56 Å². The number of hydrogen-bond donors (Lipinski definition) is 2. The molecule has 1 aliphatic heterocycles. The fraction of sp³-hybridized carbons (Fsp3) is 0.250. The number of benzene rings is 1. The third-order valence-electron chi connectivity index (χ3n) is 2.55. The molecule has 1 amide bonds. The Kier molecular flexibility index (Phi) is 2.83. The Morgan fingerprint density at radius 1 is 1.60 bits per heavy atom. The average molecular weight is 202 g/mol. The van der Waals surface area contributed by atoms with E-state index >= 15 is 0 Å². The van der Waals surface area contributed by atoms with Gasteiger partial charge in [-0.15, -0.1) is 6.58 Å². The van der Waals surface area contributed by atoms with Crippen LogP contribution >= 0.6 is 0 Å². The van der Waals surface area contributed by atoms with E-state index < -0.39 is 0 Å². The Morgan fingerprint density at radius 3 is 3.20 bits per heavy atom. The lowest BCUT2D eigenvalue weighted by molar-refractivity contribution is -0.122. The highest BCUT2D eigenvalue weighted by molar-refractivity contribution is 5.84. The highest BCUT2D eigenvalue weighted by atomic mass is 16.2. The molecule has 2 rings (SSSR count). The van der Waals surface area contributed by atoms with E-state index in [0.717, 1.165) is 12.1 Å². The van der Waals surface area contributed by atoms with Gasteiger partial charge in [-0.3, -0.25) is 10.1 Å². The van der Waals surface area contributed by atoms with Gasteiger partial charge in [-0.2, -0.15) is 0 Å². The summed E-state index contributed by atoms with van der Waals surface area (Å²) in [7, 11) is 0. The van der Waals surface area contributed by atoms with Crippen LogP contribution in [0.1, 0.15) is 17.2 Å². The molecule has 0 saturated carbocycles. The van der Waals surface area contributed by atoms with Gasteiger partial charge in [0.2, 0.25) is 5.91 Å². The molecule has 1 aromatic rings. The van der Waals surface area contributed by atoms with E-state index in [9.17, 15) is 4.79 Å². The van der Waals surface area contributed by atoms with E-state index in [2.05, 4.69) is 17.2 Å². The van der Waals surface area contributed by atoms with Crippen LogP contribution in [0.15, 0.2) is 36.9 Å². The molecule has 15 heavy (non-hydrogen) atoms. The zero-order chi connectivity index (χ0) is 10.7. The largest absolute Gasteiger partial charge is 0.351 e. The summed E-state index contributed by atoms with van der Waals surface area (Å²) >= 11 is 0. The highest BCUT2D eigenvalue weighted by Gasteiger charge is 2.26. The lowest BCUT2D eigenvalue weighted by Gasteiger charge is -2.11. The topological polar surface area (TPSA) is 41.1 Å². The van der Waals surface area contributed by atoms with Crippen LogP contribution in [0.3, 0.4) is 0 Å². The maximum absolute atomic E-state index is 11.7. The molecule has 0 fully saturated rings. The van der Waals surface area contributed by atoms with Crippen molar-refractivity contribution in [2.24, 2.45) is 0 Å². The maximum atomic E-state index is 11.7. The molecule has 0 aromatic heterocycles. The van der Waals surface area contributed by atoms with Crippen LogP contribution in [0.2, 0.25) is 0 Å². The Labute approximate surface area is 89.2 Å². The van der Waals surface area contributed by atoms with Gasteiger partial charge in [-0.25, -0.2) is 0 Å². The van der Waals surface area contributed by atoms with Gasteiger partial charge in [-0.05, 0) is 11.1 Å². The van der Waals surface area contributed by atoms with Gasteiger partial charge >= 0.3 is 0 Å². The van der Waals surface area contributed by atoms with E-state index in [0.29, 0.717) is 6.54 Å². The molecule has 3 nitrogen and oxygen atoms in total. The van der Waals surface area contributed by atoms with Gasteiger partial charge in [0.15, 0.2) is 0 Å². The molecular weight excluding hydrogens is 188 g/mol. The molecule has 3 heteroatoms. The third kappa shape index (κ3) is 1.92. The molecule has 0 bridgehead atoms. The van der Waals surface area contributed by atoms with Crippen LogP contribution in [-0.2, 0) is 11.3 Å². The first-order valence-corrected chi connectivity index (χ1v) is 5.02. The molecule has 0 radical (unpaired) electrons. The molecule has 0 spiro atoms. The van der Waals surface area contributed by atoms with Crippen molar-refractivity contribution in [2.75, 3.05) is 6.54 Å². The standard InChI is InChI=1S/C12H14N2O/c1-2-7-13-12(15)11-10-6-4-3-5-9(10)8-14-11/h2-6,11,14H,1,7-8H2,(H,13,15). The van der Waals surface area contributed by atoms with Crippen LogP contribution in [0.4, 0.5) is 0 Å². The Balaban J connectivity index is 2.13. The number of rotatable bonds is 3. The zero-order valence-electron chi connectivity index (χ0n) is 8.49. The highest BCUT2D eigenvalue weighted by Crippen LogP contribution is 2.24. The van der Waals surface area contributed by atoms with Crippen molar-refractivity contribution >= 4 is 5.91 Å². The Morgan fingerprint density at radius 2 is 2.40 bits per heavy atom. The average Bonchev–Trinajstić information content (AvgIpc) is 2.69. The predicted molar refractivity (Wildman–Crippen MR) is 59.2 cm³/mol. The van der Waals surface area contributed by atoms with Crippen molar-refractivity contribution in [2.45, 2.75) is 12.6 Å². The summed E-state index contributed by atoms with van der Waals surface area (Å²) in [5.74, 6) is 0.0138. The van der Waals surface area contributed by atoms with Crippen molar-refractivity contribution < 1.29 is 4.79 Å². The van der Waals surface area contributed by atoms with Gasteiger partial charge < -0.3 is 5.32 Å². The van der Waals surface area contributed by atoms with Crippen molar-refractivity contribution in [3.8, 4) is 0 Å². The molecule has 78 valence electrons. The number of carbonyl (C=O) groups excluding carboxylic acids is 1. The van der Waals surface area contributed by atoms with Crippen LogP contribution < -0.4 is 10.6 Å².